The number of benzene rings is 3. The van der Waals surface area contributed by atoms with Crippen molar-refractivity contribution in [2.24, 2.45) is 5.41 Å². The summed E-state index contributed by atoms with van der Waals surface area (Å²) in [6.45, 7) is 6.02. The summed E-state index contributed by atoms with van der Waals surface area (Å²) in [5, 5.41) is 0.0582. The van der Waals surface area contributed by atoms with Gasteiger partial charge in [0.2, 0.25) is 10.0 Å². The normalized spacial score (nSPS) is 19.0. The van der Waals surface area contributed by atoms with Crippen LogP contribution in [-0.2, 0) is 10.0 Å². The molecule has 2 aliphatic heterocycles. The van der Waals surface area contributed by atoms with E-state index in [2.05, 4.69) is 13.8 Å². The second-order valence-electron chi connectivity index (χ2n) is 11.0. The summed E-state index contributed by atoms with van der Waals surface area (Å²) in [5.41, 5.74) is 1.77. The Bertz CT molecular complexity index is 1560. The van der Waals surface area contributed by atoms with Gasteiger partial charge in [-0.15, -0.1) is 0 Å². The summed E-state index contributed by atoms with van der Waals surface area (Å²) in [7, 11) is -0.835. The number of piperazine rings is 1. The van der Waals surface area contributed by atoms with Crippen LogP contribution in [0.15, 0.2) is 65.6 Å². The number of methoxy groups -OCH3 is 2. The summed E-state index contributed by atoms with van der Waals surface area (Å²) >= 11 is 6.40. The van der Waals surface area contributed by atoms with Gasteiger partial charge in [-0.25, -0.2) is 12.8 Å². The molecule has 0 saturated carbocycles. The maximum Gasteiger partial charge on any atom is 0.254 e. The van der Waals surface area contributed by atoms with Crippen LogP contribution in [0.3, 0.4) is 0 Å². The Morgan fingerprint density at radius 1 is 0.927 bits per heavy atom. The number of carbonyl (C=O) groups excluding carboxylic acids is 1. The lowest BCUT2D eigenvalue weighted by molar-refractivity contribution is -0.0323. The molecule has 0 bridgehead atoms. The van der Waals surface area contributed by atoms with E-state index in [9.17, 15) is 17.6 Å². The van der Waals surface area contributed by atoms with Crippen LogP contribution in [0.2, 0.25) is 5.02 Å². The molecule has 41 heavy (non-hydrogen) atoms. The fourth-order valence-corrected chi connectivity index (χ4v) is 7.67. The third-order valence-corrected chi connectivity index (χ3v) is 10.2. The van der Waals surface area contributed by atoms with Gasteiger partial charge in [0.15, 0.2) is 11.5 Å². The van der Waals surface area contributed by atoms with Crippen LogP contribution >= 0.6 is 11.6 Å². The largest absolute Gasteiger partial charge is 0.493 e. The van der Waals surface area contributed by atoms with Crippen molar-refractivity contribution in [3.63, 3.8) is 0 Å². The van der Waals surface area contributed by atoms with Gasteiger partial charge in [-0.1, -0.05) is 31.5 Å². The van der Waals surface area contributed by atoms with E-state index in [1.165, 1.54) is 28.6 Å². The third-order valence-electron chi connectivity index (χ3n) is 7.84. The average molecular weight is 602 g/mol. The minimum Gasteiger partial charge on any atom is -0.493 e. The minimum absolute atomic E-state index is 0.0582. The second-order valence-corrected chi connectivity index (χ2v) is 13.3. The van der Waals surface area contributed by atoms with E-state index in [4.69, 9.17) is 21.1 Å². The number of anilines is 1. The molecule has 2 aliphatic rings. The highest BCUT2D eigenvalue weighted by Gasteiger charge is 2.49. The first-order valence-corrected chi connectivity index (χ1v) is 15.1. The molecule has 3 aromatic carbocycles. The third kappa shape index (κ3) is 5.48. The molecule has 2 saturated heterocycles. The number of ether oxygens (including phenoxy) is 2. The number of nitrogens with zero attached hydrogens (tertiary/aromatic N) is 3. The molecular weight excluding hydrogens is 569 g/mol. The molecule has 0 aliphatic carbocycles. The first-order valence-electron chi connectivity index (χ1n) is 13.3. The molecule has 5 rings (SSSR count). The Morgan fingerprint density at radius 3 is 2.20 bits per heavy atom. The minimum atomic E-state index is -3.97. The van der Waals surface area contributed by atoms with E-state index in [-0.39, 0.29) is 51.8 Å². The van der Waals surface area contributed by atoms with E-state index >= 15 is 0 Å². The van der Waals surface area contributed by atoms with Gasteiger partial charge in [0.1, 0.15) is 10.7 Å². The highest BCUT2D eigenvalue weighted by atomic mass is 35.5. The maximum atomic E-state index is 13.8. The summed E-state index contributed by atoms with van der Waals surface area (Å²) < 4.78 is 52.9. The van der Waals surface area contributed by atoms with Crippen LogP contribution in [-0.4, -0.2) is 70.5 Å². The molecule has 0 aromatic heterocycles. The van der Waals surface area contributed by atoms with Gasteiger partial charge < -0.3 is 19.3 Å². The van der Waals surface area contributed by atoms with E-state index in [1.807, 2.05) is 23.1 Å². The summed E-state index contributed by atoms with van der Waals surface area (Å²) in [6, 6.07) is 15.9. The van der Waals surface area contributed by atoms with Crippen LogP contribution in [0.25, 0.3) is 0 Å². The molecule has 2 fully saturated rings. The topological polar surface area (TPSA) is 79.4 Å². The van der Waals surface area contributed by atoms with Crippen molar-refractivity contribution >= 4 is 33.2 Å². The molecule has 0 N–H and O–H groups in total. The average Bonchev–Trinajstić information content (AvgIpc) is 2.96. The van der Waals surface area contributed by atoms with Gasteiger partial charge >= 0.3 is 0 Å². The van der Waals surface area contributed by atoms with Crippen molar-refractivity contribution < 1.29 is 27.1 Å². The quantitative estimate of drug-likeness (QED) is 0.369. The number of hydrogen-bond acceptors (Lipinski definition) is 6. The standard InChI is InChI=1S/C30H33ClFN3O5S/c1-30(2)19-35(28(30)20-6-12-25(39-3)26(17-20)40-4)29(36)21-5-11-24(31)27(18-21)41(37,38)34-15-13-33(14-16-34)23-9-7-22(32)8-10-23/h5-12,17-18,28H,13-16,19H2,1-4H3. The van der Waals surface area contributed by atoms with E-state index < -0.39 is 10.0 Å². The van der Waals surface area contributed by atoms with Crippen molar-refractivity contribution in [3.8, 4) is 11.5 Å². The van der Waals surface area contributed by atoms with Crippen molar-refractivity contribution in [1.82, 2.24) is 9.21 Å². The van der Waals surface area contributed by atoms with Gasteiger partial charge in [0, 0.05) is 49.4 Å². The van der Waals surface area contributed by atoms with Gasteiger partial charge in [0.25, 0.3) is 5.91 Å². The summed E-state index contributed by atoms with van der Waals surface area (Å²) in [5.74, 6) is 0.561. The molecule has 11 heteroatoms. The van der Waals surface area contributed by atoms with Gasteiger partial charge in [0.05, 0.1) is 25.3 Å². The molecule has 3 aromatic rings. The molecule has 2 heterocycles. The predicted molar refractivity (Wildman–Crippen MR) is 156 cm³/mol. The first-order chi connectivity index (χ1) is 19.5. The summed E-state index contributed by atoms with van der Waals surface area (Å²) in [4.78, 5) is 17.4. The zero-order valence-corrected chi connectivity index (χ0v) is 25.0. The van der Waals surface area contributed by atoms with Crippen molar-refractivity contribution in [2.75, 3.05) is 51.8 Å². The second kappa shape index (κ2) is 11.2. The van der Waals surface area contributed by atoms with Crippen molar-refractivity contribution in [2.45, 2.75) is 24.8 Å². The number of rotatable bonds is 7. The monoisotopic (exact) mass is 601 g/mol. The number of carbonyl (C=O) groups is 1. The van der Waals surface area contributed by atoms with Crippen molar-refractivity contribution in [1.29, 1.82) is 0 Å². The highest BCUT2D eigenvalue weighted by Crippen LogP contribution is 2.50. The maximum absolute atomic E-state index is 13.8. The molecule has 0 spiro atoms. The number of sulfonamides is 1. The zero-order valence-electron chi connectivity index (χ0n) is 23.4. The Hall–Kier alpha value is -3.34. The molecule has 0 radical (unpaired) electrons. The smallest absolute Gasteiger partial charge is 0.254 e. The Morgan fingerprint density at radius 2 is 1.59 bits per heavy atom. The Kier molecular flexibility index (Phi) is 7.93. The van der Waals surface area contributed by atoms with E-state index in [0.717, 1.165) is 11.3 Å². The molecule has 1 unspecified atom stereocenters. The lowest BCUT2D eigenvalue weighted by Crippen LogP contribution is -2.57. The van der Waals surface area contributed by atoms with Gasteiger partial charge in [-0.2, -0.15) is 4.31 Å². The van der Waals surface area contributed by atoms with Crippen LogP contribution < -0.4 is 14.4 Å². The van der Waals surface area contributed by atoms with Gasteiger partial charge in [-0.05, 0) is 60.2 Å². The van der Waals surface area contributed by atoms with Crippen LogP contribution in [0, 0.1) is 11.2 Å². The Balaban J connectivity index is 1.36. The number of halogens is 2. The molecule has 1 atom stereocenters. The lowest BCUT2D eigenvalue weighted by atomic mass is 9.71. The van der Waals surface area contributed by atoms with Gasteiger partial charge in [-0.3, -0.25) is 4.79 Å². The fraction of sp³-hybridized carbons (Fsp3) is 0.367. The fourth-order valence-electron chi connectivity index (χ4n) is 5.75. The van der Waals surface area contributed by atoms with E-state index in [1.54, 1.807) is 37.3 Å². The number of hydrogen-bond donors (Lipinski definition) is 0. The highest BCUT2D eigenvalue weighted by molar-refractivity contribution is 7.89. The Labute approximate surface area is 245 Å². The summed E-state index contributed by atoms with van der Waals surface area (Å²) in [6.07, 6.45) is 0. The van der Waals surface area contributed by atoms with Crippen LogP contribution in [0.5, 0.6) is 11.5 Å². The zero-order chi connectivity index (χ0) is 29.5. The molecule has 8 nitrogen and oxygen atoms in total. The molecule has 1 amide bonds. The number of amides is 1. The SMILES string of the molecule is COc1ccc(C2N(C(=O)c3ccc(Cl)c(S(=O)(=O)N4CCN(c5ccc(F)cc5)CC4)c3)CC2(C)C)cc1OC. The van der Waals surface area contributed by atoms with Crippen LogP contribution in [0.4, 0.5) is 10.1 Å². The predicted octanol–water partition coefficient (Wildman–Crippen LogP) is 5.23. The van der Waals surface area contributed by atoms with Crippen LogP contribution in [0.1, 0.15) is 35.8 Å². The molecular formula is C30H33ClFN3O5S. The lowest BCUT2D eigenvalue weighted by Gasteiger charge is -2.54. The van der Waals surface area contributed by atoms with E-state index in [0.29, 0.717) is 31.1 Å². The first kappa shape index (κ1) is 29.2. The molecule has 218 valence electrons. The van der Waals surface area contributed by atoms with Crippen molar-refractivity contribution in [3.05, 3.63) is 82.6 Å². The number of likely N-dealkylation sites (tertiary alicyclic amines) is 1.